The van der Waals surface area contributed by atoms with Gasteiger partial charge in [0.1, 0.15) is 0 Å². The number of rotatable bonds is 5. The van der Waals surface area contributed by atoms with Crippen molar-refractivity contribution in [1.82, 2.24) is 15.5 Å². The minimum absolute atomic E-state index is 0.0419. The molecule has 1 aromatic rings. The van der Waals surface area contributed by atoms with Crippen LogP contribution in [-0.4, -0.2) is 56.2 Å². The highest BCUT2D eigenvalue weighted by atomic mass is 35.5. The van der Waals surface area contributed by atoms with Gasteiger partial charge in [0.25, 0.3) is 0 Å². The molecule has 23 heavy (non-hydrogen) atoms. The highest BCUT2D eigenvalue weighted by Gasteiger charge is 2.26. The summed E-state index contributed by atoms with van der Waals surface area (Å²) in [6.45, 7) is 4.73. The summed E-state index contributed by atoms with van der Waals surface area (Å²) in [7, 11) is 0. The number of hydrogen-bond acceptors (Lipinski definition) is 4. The van der Waals surface area contributed by atoms with Crippen molar-refractivity contribution in [2.24, 2.45) is 0 Å². The molecule has 0 radical (unpaired) electrons. The zero-order chi connectivity index (χ0) is 16.1. The van der Waals surface area contributed by atoms with Crippen molar-refractivity contribution in [2.75, 3.05) is 39.4 Å². The number of morpholine rings is 1. The predicted octanol–water partition coefficient (Wildman–Crippen LogP) is 1.58. The summed E-state index contributed by atoms with van der Waals surface area (Å²) in [5, 5.41) is 7.08. The van der Waals surface area contributed by atoms with Crippen LogP contribution in [0.1, 0.15) is 24.4 Å². The molecule has 1 amide bonds. The zero-order valence-electron chi connectivity index (χ0n) is 13.3. The van der Waals surface area contributed by atoms with Crippen LogP contribution in [0.5, 0.6) is 0 Å². The molecule has 3 rings (SSSR count). The topological polar surface area (TPSA) is 53.6 Å². The van der Waals surface area contributed by atoms with Crippen LogP contribution in [0.2, 0.25) is 5.02 Å². The molecule has 2 aliphatic heterocycles. The minimum atomic E-state index is -0.0419. The van der Waals surface area contributed by atoms with E-state index >= 15 is 0 Å². The van der Waals surface area contributed by atoms with Crippen molar-refractivity contribution >= 4 is 17.5 Å². The number of nitrogens with one attached hydrogen (secondary N) is 2. The Kier molecular flexibility index (Phi) is 5.89. The average Bonchev–Trinajstić information content (AvgIpc) is 3.10. The maximum atomic E-state index is 12.3. The van der Waals surface area contributed by atoms with Crippen LogP contribution in [-0.2, 0) is 9.53 Å². The Morgan fingerprint density at radius 2 is 2.26 bits per heavy atom. The molecular formula is C17H24ClN3O2. The van der Waals surface area contributed by atoms with E-state index in [-0.39, 0.29) is 18.0 Å². The molecule has 2 N–H and O–H groups in total. The Balaban J connectivity index is 1.68. The van der Waals surface area contributed by atoms with Crippen molar-refractivity contribution < 1.29 is 9.53 Å². The second-order valence-electron chi connectivity index (χ2n) is 6.11. The van der Waals surface area contributed by atoms with Crippen molar-refractivity contribution in [2.45, 2.75) is 24.9 Å². The molecule has 2 atom stereocenters. The van der Waals surface area contributed by atoms with E-state index in [4.69, 9.17) is 16.3 Å². The lowest BCUT2D eigenvalue weighted by atomic mass is 10.0. The molecule has 0 aromatic heterocycles. The third-order valence-electron chi connectivity index (χ3n) is 4.57. The van der Waals surface area contributed by atoms with Gasteiger partial charge in [0.15, 0.2) is 0 Å². The first-order chi connectivity index (χ1) is 11.2. The average molecular weight is 338 g/mol. The van der Waals surface area contributed by atoms with Crippen molar-refractivity contribution in [3.8, 4) is 0 Å². The maximum absolute atomic E-state index is 12.3. The number of benzene rings is 1. The minimum Gasteiger partial charge on any atom is -0.379 e. The van der Waals surface area contributed by atoms with E-state index < -0.39 is 0 Å². The first-order valence-electron chi connectivity index (χ1n) is 8.32. The number of ether oxygens (including phenoxy) is 1. The van der Waals surface area contributed by atoms with E-state index in [0.717, 1.165) is 56.3 Å². The molecule has 0 bridgehead atoms. The van der Waals surface area contributed by atoms with Crippen LogP contribution in [0.25, 0.3) is 0 Å². The lowest BCUT2D eigenvalue weighted by Crippen LogP contribution is -2.47. The van der Waals surface area contributed by atoms with Gasteiger partial charge in [-0.05, 0) is 37.1 Å². The summed E-state index contributed by atoms with van der Waals surface area (Å²) >= 11 is 6.15. The maximum Gasteiger partial charge on any atom is 0.237 e. The van der Waals surface area contributed by atoms with Gasteiger partial charge in [-0.1, -0.05) is 23.7 Å². The molecule has 5 nitrogen and oxygen atoms in total. The molecule has 0 unspecified atom stereocenters. The smallest absolute Gasteiger partial charge is 0.237 e. The number of nitrogens with zero attached hydrogens (tertiary/aromatic N) is 1. The van der Waals surface area contributed by atoms with Crippen molar-refractivity contribution in [3.05, 3.63) is 34.9 Å². The number of carbonyl (C=O) groups is 1. The molecule has 0 saturated carbocycles. The van der Waals surface area contributed by atoms with Gasteiger partial charge in [0.05, 0.1) is 25.3 Å². The molecule has 0 aliphatic carbocycles. The standard InChI is InChI=1S/C17H24ClN3O2/c18-14-4-1-3-13(11-14)16(21-7-9-23-10-8-21)12-20-17(22)15-5-2-6-19-15/h1,3-4,11,15-16,19H,2,5-10,12H2,(H,20,22)/t15-,16-/m0/s1. The van der Waals surface area contributed by atoms with Crippen LogP contribution in [0, 0.1) is 0 Å². The van der Waals surface area contributed by atoms with E-state index in [9.17, 15) is 4.79 Å². The molecule has 2 saturated heterocycles. The fourth-order valence-electron chi connectivity index (χ4n) is 3.29. The third-order valence-corrected chi connectivity index (χ3v) is 4.80. The van der Waals surface area contributed by atoms with Crippen LogP contribution in [0.15, 0.2) is 24.3 Å². The molecule has 2 fully saturated rings. The van der Waals surface area contributed by atoms with Gasteiger partial charge < -0.3 is 15.4 Å². The van der Waals surface area contributed by atoms with E-state index in [1.54, 1.807) is 0 Å². The Morgan fingerprint density at radius 1 is 1.43 bits per heavy atom. The highest BCUT2D eigenvalue weighted by Crippen LogP contribution is 2.24. The molecule has 2 aliphatic rings. The fraction of sp³-hybridized carbons (Fsp3) is 0.588. The normalized spacial score (nSPS) is 23.6. The third kappa shape index (κ3) is 4.44. The Bertz CT molecular complexity index is 528. The van der Waals surface area contributed by atoms with Gasteiger partial charge in [-0.2, -0.15) is 0 Å². The van der Waals surface area contributed by atoms with Gasteiger partial charge >= 0.3 is 0 Å². The molecule has 1 aromatic carbocycles. The summed E-state index contributed by atoms with van der Waals surface area (Å²) in [6, 6.07) is 7.99. The van der Waals surface area contributed by atoms with E-state index in [1.807, 2.05) is 18.2 Å². The second kappa shape index (κ2) is 8.11. The van der Waals surface area contributed by atoms with Crippen LogP contribution >= 0.6 is 11.6 Å². The van der Waals surface area contributed by atoms with Crippen molar-refractivity contribution in [3.63, 3.8) is 0 Å². The van der Waals surface area contributed by atoms with Gasteiger partial charge in [-0.25, -0.2) is 0 Å². The number of hydrogen-bond donors (Lipinski definition) is 2. The lowest BCUT2D eigenvalue weighted by Gasteiger charge is -2.35. The SMILES string of the molecule is O=C(NC[C@@H](c1cccc(Cl)c1)N1CCOCC1)[C@@H]1CCCN1. The lowest BCUT2D eigenvalue weighted by molar-refractivity contribution is -0.123. The monoisotopic (exact) mass is 337 g/mol. The van der Waals surface area contributed by atoms with E-state index in [0.29, 0.717) is 6.54 Å². The van der Waals surface area contributed by atoms with Crippen LogP contribution < -0.4 is 10.6 Å². The highest BCUT2D eigenvalue weighted by molar-refractivity contribution is 6.30. The number of halogens is 1. The van der Waals surface area contributed by atoms with Gasteiger partial charge in [0.2, 0.25) is 5.91 Å². The van der Waals surface area contributed by atoms with Crippen LogP contribution in [0.4, 0.5) is 0 Å². The van der Waals surface area contributed by atoms with E-state index in [2.05, 4.69) is 21.6 Å². The van der Waals surface area contributed by atoms with Crippen LogP contribution in [0.3, 0.4) is 0 Å². The first kappa shape index (κ1) is 16.7. The van der Waals surface area contributed by atoms with Crippen molar-refractivity contribution in [1.29, 1.82) is 0 Å². The summed E-state index contributed by atoms with van der Waals surface area (Å²) < 4.78 is 5.45. The van der Waals surface area contributed by atoms with E-state index in [1.165, 1.54) is 0 Å². The largest absolute Gasteiger partial charge is 0.379 e. The van der Waals surface area contributed by atoms with Gasteiger partial charge in [-0.3, -0.25) is 9.69 Å². The molecule has 2 heterocycles. The first-order valence-corrected chi connectivity index (χ1v) is 8.70. The second-order valence-corrected chi connectivity index (χ2v) is 6.55. The summed E-state index contributed by atoms with van der Waals surface area (Å²) in [4.78, 5) is 14.6. The summed E-state index contributed by atoms with van der Waals surface area (Å²) in [6.07, 6.45) is 1.99. The molecular weight excluding hydrogens is 314 g/mol. The zero-order valence-corrected chi connectivity index (χ0v) is 14.0. The molecule has 6 heteroatoms. The Labute approximate surface area is 142 Å². The Morgan fingerprint density at radius 3 is 2.96 bits per heavy atom. The summed E-state index contributed by atoms with van der Waals surface area (Å²) in [5.74, 6) is 0.0998. The molecule has 126 valence electrons. The quantitative estimate of drug-likeness (QED) is 0.856. The summed E-state index contributed by atoms with van der Waals surface area (Å²) in [5.41, 5.74) is 1.14. The molecule has 0 spiro atoms. The number of carbonyl (C=O) groups excluding carboxylic acids is 1. The van der Waals surface area contributed by atoms with Gasteiger partial charge in [0, 0.05) is 24.7 Å². The Hall–Kier alpha value is -1.14. The fourth-order valence-corrected chi connectivity index (χ4v) is 3.49. The number of amides is 1. The predicted molar refractivity (Wildman–Crippen MR) is 90.6 cm³/mol. The van der Waals surface area contributed by atoms with Gasteiger partial charge in [-0.15, -0.1) is 0 Å².